The number of hydrogen-bond donors (Lipinski definition) is 9. The summed E-state index contributed by atoms with van der Waals surface area (Å²) in [5.74, 6) is -5.10. The van der Waals surface area contributed by atoms with Crippen molar-refractivity contribution >= 4 is 28.3 Å². The van der Waals surface area contributed by atoms with Gasteiger partial charge in [-0.25, -0.2) is 0 Å². The van der Waals surface area contributed by atoms with E-state index >= 15 is 4.79 Å². The van der Waals surface area contributed by atoms with Crippen LogP contribution in [0.2, 0.25) is 0 Å². The number of carbonyl (C=O) groups is 3. The minimum absolute atomic E-state index is 0.0592. The minimum Gasteiger partial charge on any atom is -0.507 e. The van der Waals surface area contributed by atoms with Crippen molar-refractivity contribution in [3.8, 4) is 17.2 Å². The molecule has 5 heterocycles. The van der Waals surface area contributed by atoms with E-state index in [9.17, 15) is 55.5 Å². The average molecular weight is 1160 g/mol. The standard InChI is InChI=1S/C56H82O25/c1-21(2)55(67)81-54-27(8)75-41(20-56(54,9)68)78-36-18-39(71-23(4)46(36)63)77-35-19-40(72-24(5)45(35)62)80-53-31(52(70-11)49(66)44(61)22(3)57)14-29-12-28-13-30(15-32(58)42(28)47(64)43(29)48(53)65)76-37-17-34(60)51(26(7)74-37)79-38-16-33(59)50(69-10)25(6)73-38/h12-13,15,21-27,31,33-41,44-46,50-54,57-64,68H,14,16-20H2,1-11H3. The van der Waals surface area contributed by atoms with E-state index in [1.165, 1.54) is 53.2 Å². The van der Waals surface area contributed by atoms with Crippen LogP contribution in [0.25, 0.3) is 10.8 Å². The number of rotatable bonds is 18. The predicted octanol–water partition coefficient (Wildman–Crippen LogP) is 1.30. The molecule has 456 valence electrons. The molecule has 0 spiro atoms. The summed E-state index contributed by atoms with van der Waals surface area (Å²) in [7, 11) is 2.66. The first kappa shape index (κ1) is 63.2. The first-order valence-corrected chi connectivity index (χ1v) is 27.8. The Hall–Kier alpha value is -3.81. The van der Waals surface area contributed by atoms with Gasteiger partial charge in [0, 0.05) is 58.3 Å². The van der Waals surface area contributed by atoms with Gasteiger partial charge in [0.25, 0.3) is 0 Å². The molecule has 25 heteroatoms. The van der Waals surface area contributed by atoms with Crippen LogP contribution in [0, 0.1) is 11.8 Å². The predicted molar refractivity (Wildman–Crippen MR) is 277 cm³/mol. The molecule has 25 unspecified atom stereocenters. The highest BCUT2D eigenvalue weighted by Gasteiger charge is 2.52. The lowest BCUT2D eigenvalue weighted by molar-refractivity contribution is -0.334. The van der Waals surface area contributed by atoms with Crippen molar-refractivity contribution in [3.63, 3.8) is 0 Å². The number of ether oxygens (including phenoxy) is 13. The molecule has 0 amide bonds. The summed E-state index contributed by atoms with van der Waals surface area (Å²) in [6.07, 6.45) is -25.6. The number of phenolic OH excluding ortho intramolecular Hbond substituents is 2. The van der Waals surface area contributed by atoms with Crippen molar-refractivity contribution in [2.24, 2.45) is 11.8 Å². The lowest BCUT2D eigenvalue weighted by atomic mass is 9.75. The zero-order chi connectivity index (χ0) is 59.3. The maximum absolute atomic E-state index is 15.0. The van der Waals surface area contributed by atoms with Crippen LogP contribution in [0.4, 0.5) is 0 Å². The highest BCUT2D eigenvalue weighted by Crippen LogP contribution is 2.46. The molecular weight excluding hydrogens is 1070 g/mol. The number of aromatic hydroxyl groups is 2. The number of fused-ring (bicyclic) bond motifs is 2. The topological polar surface area (TPSA) is 353 Å². The number of Topliss-reactive ketones (excluding diaryl/α,β-unsaturated/α-hetero) is 2. The maximum Gasteiger partial charge on any atom is 0.308 e. The van der Waals surface area contributed by atoms with Crippen molar-refractivity contribution in [1.82, 2.24) is 0 Å². The second-order valence-corrected chi connectivity index (χ2v) is 23.1. The van der Waals surface area contributed by atoms with Gasteiger partial charge in [0.05, 0.1) is 77.9 Å². The molecule has 0 bridgehead atoms. The summed E-state index contributed by atoms with van der Waals surface area (Å²) < 4.78 is 78.0. The average Bonchev–Trinajstić information content (AvgIpc) is 2.90. The van der Waals surface area contributed by atoms with Crippen molar-refractivity contribution in [2.75, 3.05) is 14.2 Å². The van der Waals surface area contributed by atoms with Crippen LogP contribution >= 0.6 is 0 Å². The van der Waals surface area contributed by atoms with Gasteiger partial charge >= 0.3 is 5.97 Å². The first-order valence-electron chi connectivity index (χ1n) is 27.8. The van der Waals surface area contributed by atoms with Crippen LogP contribution in [0.1, 0.15) is 110 Å². The molecule has 0 saturated carbocycles. The number of benzene rings is 2. The number of phenols is 2. The molecule has 1 aliphatic carbocycles. The highest BCUT2D eigenvalue weighted by molar-refractivity contribution is 6.11. The monoisotopic (exact) mass is 1150 g/mol. The summed E-state index contributed by atoms with van der Waals surface area (Å²) in [4.78, 5) is 41.4. The van der Waals surface area contributed by atoms with E-state index < -0.39 is 188 Å². The minimum atomic E-state index is -1.95. The van der Waals surface area contributed by atoms with Crippen molar-refractivity contribution in [1.29, 1.82) is 0 Å². The van der Waals surface area contributed by atoms with Gasteiger partial charge in [-0.15, -0.1) is 0 Å². The molecular formula is C56H82O25. The Bertz CT molecular complexity index is 2480. The fourth-order valence-corrected chi connectivity index (χ4v) is 12.0. The second kappa shape index (κ2) is 25.8. The molecule has 0 radical (unpaired) electrons. The SMILES string of the molecule is COC(C(=O)C(O)C(C)O)C1Cc2cc3cc(OC4CC(O)C(OC5CC(O)C(OC)C(C)O5)C(C)O4)cc(O)c3c(O)c2C(=O)C1OC1CC(OC2CC(OC3CC(C)(O)C(OC(=O)C(C)C)C(C)O3)C(O)C(C)O2)C(O)C(C)O1. The van der Waals surface area contributed by atoms with Crippen LogP contribution in [0.3, 0.4) is 0 Å². The molecule has 5 aliphatic heterocycles. The maximum atomic E-state index is 15.0. The molecule has 2 aromatic carbocycles. The number of ketones is 2. The summed E-state index contributed by atoms with van der Waals surface area (Å²) in [6.45, 7) is 14.2. The van der Waals surface area contributed by atoms with E-state index in [1.54, 1.807) is 41.5 Å². The van der Waals surface area contributed by atoms with Crippen LogP contribution in [0.15, 0.2) is 18.2 Å². The third-order valence-corrected chi connectivity index (χ3v) is 16.4. The zero-order valence-electron chi connectivity index (χ0n) is 47.5. The largest absolute Gasteiger partial charge is 0.507 e. The summed E-state index contributed by atoms with van der Waals surface area (Å²) >= 11 is 0. The third-order valence-electron chi connectivity index (χ3n) is 16.4. The molecule has 25 nitrogen and oxygen atoms in total. The van der Waals surface area contributed by atoms with Gasteiger partial charge in [-0.2, -0.15) is 0 Å². The Balaban J connectivity index is 0.990. The molecule has 8 rings (SSSR count). The Morgan fingerprint density at radius 1 is 0.691 bits per heavy atom. The van der Waals surface area contributed by atoms with Crippen molar-refractivity contribution < 1.29 is 122 Å². The van der Waals surface area contributed by atoms with E-state index in [0.29, 0.717) is 0 Å². The Labute approximate surface area is 469 Å². The number of carbonyl (C=O) groups excluding carboxylic acids is 3. The van der Waals surface area contributed by atoms with Crippen LogP contribution in [-0.4, -0.2) is 225 Å². The summed E-state index contributed by atoms with van der Waals surface area (Å²) in [6, 6.07) is 4.20. The molecule has 5 fully saturated rings. The molecule has 6 aliphatic rings. The number of aliphatic hydroxyl groups is 7. The Morgan fingerprint density at radius 2 is 1.23 bits per heavy atom. The summed E-state index contributed by atoms with van der Waals surface area (Å²) in [5, 5.41) is 101. The van der Waals surface area contributed by atoms with Crippen molar-refractivity contribution in [2.45, 2.75) is 248 Å². The van der Waals surface area contributed by atoms with Gasteiger partial charge in [-0.05, 0) is 78.0 Å². The number of aliphatic hydroxyl groups excluding tert-OH is 6. The van der Waals surface area contributed by atoms with Gasteiger partial charge in [0.15, 0.2) is 42.8 Å². The quantitative estimate of drug-likeness (QED) is 0.0950. The second-order valence-electron chi connectivity index (χ2n) is 23.1. The number of hydrogen-bond acceptors (Lipinski definition) is 25. The Kier molecular flexibility index (Phi) is 20.1. The smallest absolute Gasteiger partial charge is 0.308 e. The van der Waals surface area contributed by atoms with E-state index in [2.05, 4.69) is 0 Å². The molecule has 0 aromatic heterocycles. The molecule has 2 aromatic rings. The normalized spacial score (nSPS) is 40.6. The fourth-order valence-electron chi connectivity index (χ4n) is 12.0. The van der Waals surface area contributed by atoms with Gasteiger partial charge in [0.1, 0.15) is 65.6 Å². The van der Waals surface area contributed by atoms with E-state index in [4.69, 9.17) is 61.6 Å². The van der Waals surface area contributed by atoms with E-state index in [1.807, 2.05) is 0 Å². The van der Waals surface area contributed by atoms with Gasteiger partial charge in [0.2, 0.25) is 6.29 Å². The van der Waals surface area contributed by atoms with Crippen LogP contribution < -0.4 is 4.74 Å². The van der Waals surface area contributed by atoms with E-state index in [-0.39, 0.29) is 66.2 Å². The zero-order valence-corrected chi connectivity index (χ0v) is 47.5. The van der Waals surface area contributed by atoms with E-state index in [0.717, 1.165) is 0 Å². The Morgan fingerprint density at radius 3 is 1.80 bits per heavy atom. The number of methoxy groups -OCH3 is 2. The lowest BCUT2D eigenvalue weighted by Crippen LogP contribution is -2.59. The van der Waals surface area contributed by atoms with Crippen molar-refractivity contribution in [3.05, 3.63) is 29.3 Å². The summed E-state index contributed by atoms with van der Waals surface area (Å²) in [5.41, 5.74) is -1.63. The molecule has 25 atom stereocenters. The fraction of sp³-hybridized carbons (Fsp3) is 0.768. The molecule has 9 N–H and O–H groups in total. The number of esters is 1. The molecule has 5 saturated heterocycles. The highest BCUT2D eigenvalue weighted by atomic mass is 16.7. The van der Waals surface area contributed by atoms with Gasteiger partial charge in [-0.3, -0.25) is 14.4 Å². The lowest BCUT2D eigenvalue weighted by Gasteiger charge is -2.47. The van der Waals surface area contributed by atoms with Gasteiger partial charge in [-0.1, -0.05) is 13.8 Å². The molecule has 81 heavy (non-hydrogen) atoms. The van der Waals surface area contributed by atoms with Crippen LogP contribution in [0.5, 0.6) is 17.2 Å². The first-order chi connectivity index (χ1) is 38.1. The van der Waals surface area contributed by atoms with Gasteiger partial charge < -0.3 is 108 Å². The third kappa shape index (κ3) is 13.7. The van der Waals surface area contributed by atoms with Crippen LogP contribution in [-0.2, 0) is 72.9 Å².